The van der Waals surface area contributed by atoms with Gasteiger partial charge in [0.2, 0.25) is 0 Å². The Morgan fingerprint density at radius 1 is 0.225 bits per heavy atom. The zero-order valence-electron chi connectivity index (χ0n) is 39.0. The summed E-state index contributed by atoms with van der Waals surface area (Å²) in [6.07, 6.45) is 0. The molecule has 71 heavy (non-hydrogen) atoms. The number of hydrogen-bond acceptors (Lipinski definition) is 1. The van der Waals surface area contributed by atoms with E-state index in [1.54, 1.807) is 0 Å². The molecule has 334 valence electrons. The van der Waals surface area contributed by atoms with Gasteiger partial charge in [0.25, 0.3) is 0 Å². The molecule has 0 saturated heterocycles. The Balaban J connectivity index is 0.924. The molecule has 0 N–H and O–H groups in total. The van der Waals surface area contributed by atoms with Gasteiger partial charge in [-0.1, -0.05) is 206 Å². The monoisotopic (exact) mass is 905 g/mol. The Hall–Kier alpha value is -9.44. The molecule has 3 nitrogen and oxygen atoms in total. The van der Waals surface area contributed by atoms with Crippen LogP contribution in [0.3, 0.4) is 0 Å². The van der Waals surface area contributed by atoms with Crippen LogP contribution in [-0.2, 0) is 0 Å². The van der Waals surface area contributed by atoms with Crippen LogP contribution in [0.15, 0.2) is 285 Å². The van der Waals surface area contributed by atoms with Gasteiger partial charge in [0.15, 0.2) is 0 Å². The smallest absolute Gasteiger partial charge is 0.0619 e. The molecule has 0 amide bonds. The van der Waals surface area contributed by atoms with Crippen LogP contribution in [0.25, 0.3) is 99.8 Å². The van der Waals surface area contributed by atoms with Crippen LogP contribution in [0.4, 0.5) is 17.1 Å². The summed E-state index contributed by atoms with van der Waals surface area (Å²) in [5.41, 5.74) is 20.9. The van der Waals surface area contributed by atoms with Gasteiger partial charge in [0.05, 0.1) is 22.2 Å². The van der Waals surface area contributed by atoms with Gasteiger partial charge in [0, 0.05) is 50.2 Å². The molecule has 0 bridgehead atoms. The first-order valence-electron chi connectivity index (χ1n) is 24.3. The van der Waals surface area contributed by atoms with Crippen molar-refractivity contribution in [1.82, 2.24) is 9.13 Å². The van der Waals surface area contributed by atoms with E-state index in [9.17, 15) is 0 Å². The van der Waals surface area contributed by atoms with E-state index in [-0.39, 0.29) is 0 Å². The van der Waals surface area contributed by atoms with E-state index in [1.807, 2.05) is 0 Å². The van der Waals surface area contributed by atoms with Crippen molar-refractivity contribution in [3.8, 4) is 67.1 Å². The number of rotatable bonds is 10. The SMILES string of the molecule is c1ccc(-c2ccc(N(c3ccc(-c4ccccc4)cc3)c3ccc(-c4ccc(-n5c(-c6ccccc6)c(-c6ccccc6)c6cc7c(cc65)c5ccccc5n7-c5ccccc5)cc4)cc3)cc2)cc1. The first-order chi connectivity index (χ1) is 35.2. The fraction of sp³-hybridized carbons (Fsp3) is 0. The molecule has 0 spiro atoms. The van der Waals surface area contributed by atoms with Crippen molar-refractivity contribution in [2.75, 3.05) is 4.90 Å². The van der Waals surface area contributed by atoms with Gasteiger partial charge < -0.3 is 14.0 Å². The highest BCUT2D eigenvalue weighted by Gasteiger charge is 2.24. The summed E-state index contributed by atoms with van der Waals surface area (Å²) in [6.45, 7) is 0. The Morgan fingerprint density at radius 2 is 0.577 bits per heavy atom. The van der Waals surface area contributed by atoms with Crippen LogP contribution < -0.4 is 4.90 Å². The minimum atomic E-state index is 1.09. The van der Waals surface area contributed by atoms with Crippen molar-refractivity contribution in [1.29, 1.82) is 0 Å². The lowest BCUT2D eigenvalue weighted by Gasteiger charge is -2.26. The summed E-state index contributed by atoms with van der Waals surface area (Å²) < 4.78 is 4.90. The summed E-state index contributed by atoms with van der Waals surface area (Å²) in [5.74, 6) is 0. The number of benzene rings is 11. The summed E-state index contributed by atoms with van der Waals surface area (Å²) in [6, 6.07) is 103. The highest BCUT2D eigenvalue weighted by Crippen LogP contribution is 2.46. The van der Waals surface area contributed by atoms with Gasteiger partial charge >= 0.3 is 0 Å². The molecule has 13 aromatic rings. The number of aromatic nitrogens is 2. The molecule has 0 radical (unpaired) electrons. The summed E-state index contributed by atoms with van der Waals surface area (Å²) >= 11 is 0. The van der Waals surface area contributed by atoms with E-state index >= 15 is 0 Å². The molecule has 0 unspecified atom stereocenters. The normalized spacial score (nSPS) is 11.4. The molecule has 0 aliphatic rings. The maximum atomic E-state index is 2.48. The van der Waals surface area contributed by atoms with E-state index in [2.05, 4.69) is 299 Å². The average molecular weight is 906 g/mol. The lowest BCUT2D eigenvalue weighted by atomic mass is 9.97. The summed E-state index contributed by atoms with van der Waals surface area (Å²) in [5, 5.41) is 3.66. The van der Waals surface area contributed by atoms with Gasteiger partial charge in [-0.25, -0.2) is 0 Å². The van der Waals surface area contributed by atoms with Gasteiger partial charge in [-0.05, 0) is 123 Å². The maximum absolute atomic E-state index is 2.48. The van der Waals surface area contributed by atoms with E-state index in [0.29, 0.717) is 0 Å². The van der Waals surface area contributed by atoms with Crippen molar-refractivity contribution in [3.05, 3.63) is 285 Å². The Morgan fingerprint density at radius 3 is 1.07 bits per heavy atom. The second-order valence-corrected chi connectivity index (χ2v) is 18.1. The molecule has 3 heteroatoms. The minimum absolute atomic E-state index is 1.09. The molecule has 2 heterocycles. The van der Waals surface area contributed by atoms with Crippen LogP contribution in [0.5, 0.6) is 0 Å². The van der Waals surface area contributed by atoms with Crippen LogP contribution in [-0.4, -0.2) is 9.13 Å². The largest absolute Gasteiger partial charge is 0.311 e. The first-order valence-corrected chi connectivity index (χ1v) is 24.3. The van der Waals surface area contributed by atoms with Gasteiger partial charge in [0.1, 0.15) is 0 Å². The Bertz CT molecular complexity index is 3870. The molecule has 0 atom stereocenters. The topological polar surface area (TPSA) is 13.1 Å². The van der Waals surface area contributed by atoms with Crippen LogP contribution in [0.2, 0.25) is 0 Å². The first kappa shape index (κ1) is 41.7. The quantitative estimate of drug-likeness (QED) is 0.133. The highest BCUT2D eigenvalue weighted by molar-refractivity contribution is 6.17. The third kappa shape index (κ3) is 7.58. The molecule has 13 rings (SSSR count). The van der Waals surface area contributed by atoms with E-state index in [0.717, 1.165) is 50.6 Å². The van der Waals surface area contributed by atoms with Gasteiger partial charge in [-0.15, -0.1) is 0 Å². The molecule has 0 fully saturated rings. The lowest BCUT2D eigenvalue weighted by Crippen LogP contribution is -2.09. The second-order valence-electron chi connectivity index (χ2n) is 18.1. The number of nitrogens with zero attached hydrogens (tertiary/aromatic N) is 3. The summed E-state index contributed by atoms with van der Waals surface area (Å²) in [4.78, 5) is 2.34. The third-order valence-electron chi connectivity index (χ3n) is 13.9. The summed E-state index contributed by atoms with van der Waals surface area (Å²) in [7, 11) is 0. The van der Waals surface area contributed by atoms with E-state index in [1.165, 1.54) is 66.3 Å². The number of fused-ring (bicyclic) bond motifs is 4. The number of anilines is 3. The van der Waals surface area contributed by atoms with Gasteiger partial charge in [-0.3, -0.25) is 0 Å². The average Bonchev–Trinajstić information content (AvgIpc) is 3.96. The van der Waals surface area contributed by atoms with E-state index in [4.69, 9.17) is 0 Å². The fourth-order valence-corrected chi connectivity index (χ4v) is 10.6. The Kier molecular flexibility index (Phi) is 10.5. The zero-order valence-corrected chi connectivity index (χ0v) is 39.0. The van der Waals surface area contributed by atoms with Crippen molar-refractivity contribution in [2.24, 2.45) is 0 Å². The molecular formula is C68H47N3. The standard InChI is InChI=1S/C68H47N3/c1-6-18-48(19-7-1)50-30-38-57(39-31-50)69(58-40-32-51(33-41-58)49-20-8-2-9-21-49)59-42-34-52(35-43-59)53-36-44-60(45-37-53)71-66-46-62-61-28-16-17-29-64(61)70(56-26-14-5-15-27-56)65(62)47-63(66)67(54-22-10-3-11-23-54)68(71)55-24-12-4-13-25-55/h1-47H. The lowest BCUT2D eigenvalue weighted by molar-refractivity contribution is 1.14. The fourth-order valence-electron chi connectivity index (χ4n) is 10.6. The van der Waals surface area contributed by atoms with E-state index < -0.39 is 0 Å². The maximum Gasteiger partial charge on any atom is 0.0619 e. The second kappa shape index (κ2) is 17.9. The number of para-hydroxylation sites is 2. The van der Waals surface area contributed by atoms with Gasteiger partial charge in [-0.2, -0.15) is 0 Å². The molecule has 2 aromatic heterocycles. The highest BCUT2D eigenvalue weighted by atomic mass is 15.1. The van der Waals surface area contributed by atoms with Crippen molar-refractivity contribution in [3.63, 3.8) is 0 Å². The number of hydrogen-bond donors (Lipinski definition) is 0. The van der Waals surface area contributed by atoms with Crippen molar-refractivity contribution < 1.29 is 0 Å². The molecular weight excluding hydrogens is 859 g/mol. The molecule has 0 aliphatic heterocycles. The molecule has 11 aromatic carbocycles. The molecule has 0 aliphatic carbocycles. The predicted octanol–water partition coefficient (Wildman–Crippen LogP) is 18.5. The van der Waals surface area contributed by atoms with Crippen molar-refractivity contribution >= 4 is 49.8 Å². The predicted molar refractivity (Wildman–Crippen MR) is 299 cm³/mol. The minimum Gasteiger partial charge on any atom is -0.311 e. The van der Waals surface area contributed by atoms with Crippen LogP contribution >= 0.6 is 0 Å². The Labute approximate surface area is 414 Å². The zero-order chi connectivity index (χ0) is 47.1. The third-order valence-corrected chi connectivity index (χ3v) is 13.9. The van der Waals surface area contributed by atoms with Crippen molar-refractivity contribution in [2.45, 2.75) is 0 Å². The van der Waals surface area contributed by atoms with Crippen LogP contribution in [0.1, 0.15) is 0 Å². The van der Waals surface area contributed by atoms with Crippen LogP contribution in [0, 0.1) is 0 Å². The molecule has 0 saturated carbocycles.